The van der Waals surface area contributed by atoms with Crippen molar-refractivity contribution in [1.82, 2.24) is 0 Å². The number of phosphoric ester groups is 1. The van der Waals surface area contributed by atoms with E-state index < -0.39 is 26.5 Å². The van der Waals surface area contributed by atoms with Crippen LogP contribution >= 0.6 is 7.82 Å². The maximum Gasteiger partial charge on any atom is 0.472 e. The number of carbonyl (C=O) groups is 2. The van der Waals surface area contributed by atoms with Crippen LogP contribution in [0, 0.1) is 0 Å². The van der Waals surface area contributed by atoms with Crippen LogP contribution in [0.2, 0.25) is 0 Å². The van der Waals surface area contributed by atoms with Crippen LogP contribution < -0.4 is 0 Å². The third-order valence-electron chi connectivity index (χ3n) is 15.3. The fourth-order valence-corrected chi connectivity index (χ4v) is 10.8. The summed E-state index contributed by atoms with van der Waals surface area (Å²) in [5, 5.41) is 0. The summed E-state index contributed by atoms with van der Waals surface area (Å²) in [6, 6.07) is 0. The highest BCUT2D eigenvalue weighted by Gasteiger charge is 2.27. The summed E-state index contributed by atoms with van der Waals surface area (Å²) in [6.07, 6.45) is 79.2. The van der Waals surface area contributed by atoms with E-state index >= 15 is 0 Å². The van der Waals surface area contributed by atoms with Gasteiger partial charge in [0.15, 0.2) is 6.10 Å². The lowest BCUT2D eigenvalue weighted by Gasteiger charge is -2.24. The standard InChI is InChI=1S/C70H132NO8P/c1-6-8-10-12-14-16-18-20-22-24-26-28-30-32-34-35-37-38-40-42-44-46-48-50-52-54-56-58-60-62-69(72)76-66-68(67-78-80(74,75)77-65-64-71(3,4)5)79-70(73)63-61-59-57-55-53-51-49-47-45-43-41-39-36-33-31-29-27-25-23-21-19-17-15-13-11-9-7-2/h19,21,24-27,31,33,68H,6-18,20,22-23,28-30,32,34-67H2,1-5H3/p+1/b21-19-,26-24-,27-25-,33-31-. The first-order valence-corrected chi connectivity index (χ1v) is 35.9. The van der Waals surface area contributed by atoms with Crippen molar-refractivity contribution >= 4 is 19.8 Å². The quantitative estimate of drug-likeness (QED) is 0.0211. The average Bonchev–Trinajstić information content (AvgIpc) is 3.42. The molecule has 0 fully saturated rings. The minimum Gasteiger partial charge on any atom is -0.462 e. The summed E-state index contributed by atoms with van der Waals surface area (Å²) in [5.74, 6) is -0.784. The summed E-state index contributed by atoms with van der Waals surface area (Å²) in [7, 11) is 1.49. The summed E-state index contributed by atoms with van der Waals surface area (Å²) in [5.41, 5.74) is 0. The molecule has 0 heterocycles. The Bertz CT molecular complexity index is 1490. The number of nitrogens with zero attached hydrogens (tertiary/aromatic N) is 1. The van der Waals surface area contributed by atoms with Gasteiger partial charge in [0.1, 0.15) is 19.8 Å². The highest BCUT2D eigenvalue weighted by Crippen LogP contribution is 2.43. The number of allylic oxidation sites excluding steroid dienone is 8. The third-order valence-corrected chi connectivity index (χ3v) is 16.3. The molecule has 9 nitrogen and oxygen atoms in total. The Kier molecular flexibility index (Phi) is 60.0. The minimum absolute atomic E-state index is 0.0322. The SMILES string of the molecule is CCCCCCC/C=C\C/C=C\C/C=C\CCCCCCCCCCCCCCC(=O)OC(COC(=O)CCCCCCCCCCCCCCCCCCC/C=C\CCCCCCCCCC)COP(=O)(O)OCC[N+](C)(C)C. The van der Waals surface area contributed by atoms with E-state index in [1.165, 1.54) is 250 Å². The first-order chi connectivity index (χ1) is 39.0. The predicted molar refractivity (Wildman–Crippen MR) is 344 cm³/mol. The van der Waals surface area contributed by atoms with Crippen molar-refractivity contribution in [2.24, 2.45) is 0 Å². The number of hydrogen-bond donors (Lipinski definition) is 1. The molecule has 0 saturated heterocycles. The highest BCUT2D eigenvalue weighted by molar-refractivity contribution is 7.47. The van der Waals surface area contributed by atoms with Crippen molar-refractivity contribution in [2.45, 2.75) is 341 Å². The smallest absolute Gasteiger partial charge is 0.462 e. The van der Waals surface area contributed by atoms with Gasteiger partial charge in [-0.25, -0.2) is 4.57 Å². The molecule has 0 bridgehead atoms. The average molecular weight is 1150 g/mol. The van der Waals surface area contributed by atoms with Gasteiger partial charge in [0.05, 0.1) is 27.7 Å². The molecule has 0 aromatic heterocycles. The summed E-state index contributed by atoms with van der Waals surface area (Å²) in [4.78, 5) is 35.9. The Morgan fingerprint density at radius 2 is 0.675 bits per heavy atom. The number of hydrogen-bond acceptors (Lipinski definition) is 7. The molecule has 0 aliphatic heterocycles. The van der Waals surface area contributed by atoms with Crippen LogP contribution in [0.1, 0.15) is 335 Å². The maximum atomic E-state index is 12.9. The zero-order valence-electron chi connectivity index (χ0n) is 53.6. The Morgan fingerprint density at radius 1 is 0.388 bits per heavy atom. The minimum atomic E-state index is -4.39. The molecular weight excluding hydrogens is 1010 g/mol. The molecular formula is C70H133NO8P+. The monoisotopic (exact) mass is 1150 g/mol. The molecule has 0 aromatic rings. The van der Waals surface area contributed by atoms with Gasteiger partial charge in [-0.05, 0) is 77.0 Å². The van der Waals surface area contributed by atoms with Gasteiger partial charge >= 0.3 is 19.8 Å². The van der Waals surface area contributed by atoms with Gasteiger partial charge in [-0.2, -0.15) is 0 Å². The lowest BCUT2D eigenvalue weighted by molar-refractivity contribution is -0.870. The first-order valence-electron chi connectivity index (χ1n) is 34.4. The number of rotatable bonds is 64. The van der Waals surface area contributed by atoms with Crippen LogP contribution in [-0.4, -0.2) is 74.9 Å². The van der Waals surface area contributed by atoms with Crippen molar-refractivity contribution in [3.63, 3.8) is 0 Å². The van der Waals surface area contributed by atoms with E-state index in [1.54, 1.807) is 0 Å². The Morgan fingerprint density at radius 3 is 1.01 bits per heavy atom. The molecule has 0 radical (unpaired) electrons. The molecule has 2 atom stereocenters. The topological polar surface area (TPSA) is 108 Å². The van der Waals surface area contributed by atoms with Crippen LogP contribution in [0.15, 0.2) is 48.6 Å². The molecule has 0 spiro atoms. The Hall–Kier alpha value is -2.03. The number of ether oxygens (including phenoxy) is 2. The maximum absolute atomic E-state index is 12.9. The van der Waals surface area contributed by atoms with Crippen molar-refractivity contribution in [3.8, 4) is 0 Å². The molecule has 80 heavy (non-hydrogen) atoms. The molecule has 10 heteroatoms. The van der Waals surface area contributed by atoms with E-state index in [0.717, 1.165) is 51.4 Å². The molecule has 2 unspecified atom stereocenters. The summed E-state index contributed by atoms with van der Waals surface area (Å²) < 4.78 is 34.7. The first kappa shape index (κ1) is 78.0. The number of quaternary nitrogens is 1. The van der Waals surface area contributed by atoms with Gasteiger partial charge in [0, 0.05) is 12.8 Å². The molecule has 0 aliphatic carbocycles. The van der Waals surface area contributed by atoms with Gasteiger partial charge in [-0.1, -0.05) is 294 Å². The normalized spacial score (nSPS) is 13.4. The number of unbranched alkanes of at least 4 members (excludes halogenated alkanes) is 42. The fraction of sp³-hybridized carbons (Fsp3) is 0.857. The van der Waals surface area contributed by atoms with Gasteiger partial charge in [-0.15, -0.1) is 0 Å². The van der Waals surface area contributed by atoms with Crippen molar-refractivity contribution in [2.75, 3.05) is 47.5 Å². The lowest BCUT2D eigenvalue weighted by atomic mass is 10.0. The van der Waals surface area contributed by atoms with Crippen LogP contribution in [-0.2, 0) is 32.7 Å². The number of carbonyl (C=O) groups excluding carboxylic acids is 2. The van der Waals surface area contributed by atoms with Crippen LogP contribution in [0.5, 0.6) is 0 Å². The zero-order chi connectivity index (χ0) is 58.4. The van der Waals surface area contributed by atoms with Gasteiger partial charge in [0.2, 0.25) is 0 Å². The molecule has 470 valence electrons. The van der Waals surface area contributed by atoms with Crippen LogP contribution in [0.4, 0.5) is 0 Å². The predicted octanol–water partition coefficient (Wildman–Crippen LogP) is 22.1. The summed E-state index contributed by atoms with van der Waals surface area (Å²) >= 11 is 0. The third kappa shape index (κ3) is 65.1. The van der Waals surface area contributed by atoms with Crippen molar-refractivity contribution in [1.29, 1.82) is 0 Å². The van der Waals surface area contributed by atoms with E-state index in [-0.39, 0.29) is 25.6 Å². The molecule has 0 rings (SSSR count). The van der Waals surface area contributed by atoms with Crippen molar-refractivity contribution in [3.05, 3.63) is 48.6 Å². The zero-order valence-corrected chi connectivity index (χ0v) is 54.5. The van der Waals surface area contributed by atoms with E-state index in [4.69, 9.17) is 18.5 Å². The number of likely N-dealkylation sites (N-methyl/N-ethyl adjacent to an activating group) is 1. The van der Waals surface area contributed by atoms with Gasteiger partial charge < -0.3 is 18.9 Å². The van der Waals surface area contributed by atoms with Crippen LogP contribution in [0.3, 0.4) is 0 Å². The second kappa shape index (κ2) is 61.5. The highest BCUT2D eigenvalue weighted by atomic mass is 31.2. The fourth-order valence-electron chi connectivity index (χ4n) is 10.0. The van der Waals surface area contributed by atoms with Gasteiger partial charge in [0.25, 0.3) is 0 Å². The second-order valence-corrected chi connectivity index (χ2v) is 26.0. The molecule has 0 amide bonds. The molecule has 0 aliphatic rings. The molecule has 0 saturated carbocycles. The Balaban J connectivity index is 4.04. The summed E-state index contributed by atoms with van der Waals surface area (Å²) in [6.45, 7) is 4.47. The van der Waals surface area contributed by atoms with Crippen molar-refractivity contribution < 1.29 is 42.1 Å². The molecule has 0 aromatic carbocycles. The van der Waals surface area contributed by atoms with E-state index in [1.807, 2.05) is 21.1 Å². The van der Waals surface area contributed by atoms with E-state index in [2.05, 4.69) is 62.5 Å². The largest absolute Gasteiger partial charge is 0.472 e. The van der Waals surface area contributed by atoms with E-state index in [9.17, 15) is 19.0 Å². The number of esters is 2. The second-order valence-electron chi connectivity index (χ2n) is 24.6. The van der Waals surface area contributed by atoms with E-state index in [0.29, 0.717) is 23.9 Å². The van der Waals surface area contributed by atoms with Crippen LogP contribution in [0.25, 0.3) is 0 Å². The lowest BCUT2D eigenvalue weighted by Crippen LogP contribution is -2.37. The Labute approximate surface area is 496 Å². The molecule has 1 N–H and O–H groups in total. The number of phosphoric acid groups is 1. The van der Waals surface area contributed by atoms with Gasteiger partial charge in [-0.3, -0.25) is 18.6 Å².